The van der Waals surface area contributed by atoms with Crippen molar-refractivity contribution >= 4 is 5.69 Å². The van der Waals surface area contributed by atoms with E-state index in [4.69, 9.17) is 5.73 Å². The molecular formula is C10H11N3. The molecule has 0 aliphatic rings. The Bertz CT molecular complexity index is 404. The molecule has 1 heterocycles. The number of nitrogens with zero attached hydrogens (tertiary/aromatic N) is 2. The van der Waals surface area contributed by atoms with Crippen molar-refractivity contribution in [1.29, 1.82) is 0 Å². The molecule has 0 fully saturated rings. The standard InChI is InChI=1S/C10H11N3/c1-8-3-4-9(11)10(7-8)13-6-2-5-12-13/h2-7H,11H2,1H3. The fourth-order valence-corrected chi connectivity index (χ4v) is 1.26. The fourth-order valence-electron chi connectivity index (χ4n) is 1.26. The zero-order valence-corrected chi connectivity index (χ0v) is 7.44. The summed E-state index contributed by atoms with van der Waals surface area (Å²) in [5.74, 6) is 0. The van der Waals surface area contributed by atoms with Gasteiger partial charge in [0, 0.05) is 12.4 Å². The third-order valence-electron chi connectivity index (χ3n) is 1.94. The highest BCUT2D eigenvalue weighted by atomic mass is 15.3. The quantitative estimate of drug-likeness (QED) is 0.668. The molecule has 0 saturated carbocycles. The van der Waals surface area contributed by atoms with Gasteiger partial charge in [-0.25, -0.2) is 4.68 Å². The van der Waals surface area contributed by atoms with Gasteiger partial charge in [0.25, 0.3) is 0 Å². The Hall–Kier alpha value is -1.77. The number of anilines is 1. The van der Waals surface area contributed by atoms with Gasteiger partial charge in [0.1, 0.15) is 0 Å². The Labute approximate surface area is 76.8 Å². The molecule has 0 saturated heterocycles. The molecular weight excluding hydrogens is 162 g/mol. The minimum absolute atomic E-state index is 0.745. The van der Waals surface area contributed by atoms with Crippen LogP contribution < -0.4 is 5.73 Å². The molecule has 0 aliphatic carbocycles. The van der Waals surface area contributed by atoms with Crippen LogP contribution in [0.1, 0.15) is 5.56 Å². The third kappa shape index (κ3) is 1.40. The second-order valence-corrected chi connectivity index (χ2v) is 3.01. The number of benzene rings is 1. The molecule has 13 heavy (non-hydrogen) atoms. The van der Waals surface area contributed by atoms with Crippen LogP contribution >= 0.6 is 0 Å². The van der Waals surface area contributed by atoms with Gasteiger partial charge in [-0.1, -0.05) is 6.07 Å². The summed E-state index contributed by atoms with van der Waals surface area (Å²) in [6.45, 7) is 2.03. The normalized spacial score (nSPS) is 10.2. The number of aromatic nitrogens is 2. The molecule has 0 aliphatic heterocycles. The van der Waals surface area contributed by atoms with E-state index in [1.807, 2.05) is 37.4 Å². The zero-order valence-electron chi connectivity index (χ0n) is 7.44. The average molecular weight is 173 g/mol. The van der Waals surface area contributed by atoms with Crippen molar-refractivity contribution in [1.82, 2.24) is 9.78 Å². The molecule has 0 amide bonds. The maximum absolute atomic E-state index is 5.82. The molecule has 0 spiro atoms. The first-order valence-electron chi connectivity index (χ1n) is 4.13. The average Bonchev–Trinajstić information content (AvgIpc) is 2.61. The Morgan fingerprint density at radius 2 is 2.23 bits per heavy atom. The van der Waals surface area contributed by atoms with E-state index in [0.717, 1.165) is 11.4 Å². The molecule has 0 radical (unpaired) electrons. The highest BCUT2D eigenvalue weighted by Gasteiger charge is 2.00. The third-order valence-corrected chi connectivity index (χ3v) is 1.94. The minimum Gasteiger partial charge on any atom is -0.397 e. The monoisotopic (exact) mass is 173 g/mol. The van der Waals surface area contributed by atoms with Gasteiger partial charge in [-0.15, -0.1) is 0 Å². The first-order chi connectivity index (χ1) is 6.27. The summed E-state index contributed by atoms with van der Waals surface area (Å²) in [5, 5.41) is 4.13. The second kappa shape index (κ2) is 2.94. The minimum atomic E-state index is 0.745. The fraction of sp³-hybridized carbons (Fsp3) is 0.100. The van der Waals surface area contributed by atoms with Crippen LogP contribution in [0.25, 0.3) is 5.69 Å². The van der Waals surface area contributed by atoms with Crippen LogP contribution in [0, 0.1) is 6.92 Å². The molecule has 3 nitrogen and oxygen atoms in total. The predicted octanol–water partition coefficient (Wildman–Crippen LogP) is 1.76. The van der Waals surface area contributed by atoms with E-state index < -0.39 is 0 Å². The highest BCUT2D eigenvalue weighted by molar-refractivity contribution is 5.58. The molecule has 3 heteroatoms. The highest BCUT2D eigenvalue weighted by Crippen LogP contribution is 2.17. The number of aryl methyl sites for hydroxylation is 1. The summed E-state index contributed by atoms with van der Waals surface area (Å²) in [6.07, 6.45) is 3.62. The molecule has 1 aromatic heterocycles. The summed E-state index contributed by atoms with van der Waals surface area (Å²) >= 11 is 0. The van der Waals surface area contributed by atoms with E-state index in [1.165, 1.54) is 5.56 Å². The van der Waals surface area contributed by atoms with Crippen LogP contribution in [0.5, 0.6) is 0 Å². The summed E-state index contributed by atoms with van der Waals surface area (Å²) < 4.78 is 1.77. The van der Waals surface area contributed by atoms with Crippen LogP contribution in [-0.4, -0.2) is 9.78 Å². The molecule has 2 rings (SSSR count). The Kier molecular flexibility index (Phi) is 1.77. The number of nitrogens with two attached hydrogens (primary N) is 1. The van der Waals surface area contributed by atoms with E-state index in [-0.39, 0.29) is 0 Å². The van der Waals surface area contributed by atoms with Crippen molar-refractivity contribution in [3.05, 3.63) is 42.2 Å². The molecule has 2 aromatic rings. The van der Waals surface area contributed by atoms with Crippen molar-refractivity contribution < 1.29 is 0 Å². The van der Waals surface area contributed by atoms with Crippen LogP contribution in [0.3, 0.4) is 0 Å². The number of hydrogen-bond donors (Lipinski definition) is 1. The zero-order chi connectivity index (χ0) is 9.26. The van der Waals surface area contributed by atoms with Crippen molar-refractivity contribution in [2.24, 2.45) is 0 Å². The van der Waals surface area contributed by atoms with Crippen LogP contribution in [0.15, 0.2) is 36.7 Å². The van der Waals surface area contributed by atoms with Gasteiger partial charge in [-0.3, -0.25) is 0 Å². The summed E-state index contributed by atoms with van der Waals surface area (Å²) in [4.78, 5) is 0. The lowest BCUT2D eigenvalue weighted by Gasteiger charge is -2.05. The maximum Gasteiger partial charge on any atom is 0.0877 e. The van der Waals surface area contributed by atoms with Crippen molar-refractivity contribution in [2.45, 2.75) is 6.92 Å². The van der Waals surface area contributed by atoms with Gasteiger partial charge in [0.2, 0.25) is 0 Å². The van der Waals surface area contributed by atoms with E-state index in [0.29, 0.717) is 0 Å². The topological polar surface area (TPSA) is 43.8 Å². The smallest absolute Gasteiger partial charge is 0.0877 e. The van der Waals surface area contributed by atoms with Crippen LogP contribution in [-0.2, 0) is 0 Å². The van der Waals surface area contributed by atoms with Gasteiger partial charge in [0.05, 0.1) is 11.4 Å². The predicted molar refractivity (Wildman–Crippen MR) is 52.7 cm³/mol. The van der Waals surface area contributed by atoms with Crippen molar-refractivity contribution in [3.63, 3.8) is 0 Å². The lowest BCUT2D eigenvalue weighted by Crippen LogP contribution is -2.00. The van der Waals surface area contributed by atoms with Gasteiger partial charge < -0.3 is 5.73 Å². The van der Waals surface area contributed by atoms with Crippen LogP contribution in [0.4, 0.5) is 5.69 Å². The van der Waals surface area contributed by atoms with E-state index in [1.54, 1.807) is 10.9 Å². The van der Waals surface area contributed by atoms with E-state index >= 15 is 0 Å². The van der Waals surface area contributed by atoms with Gasteiger partial charge in [-0.2, -0.15) is 5.10 Å². The molecule has 0 bridgehead atoms. The second-order valence-electron chi connectivity index (χ2n) is 3.01. The molecule has 0 unspecified atom stereocenters. The lowest BCUT2D eigenvalue weighted by atomic mass is 10.2. The number of hydrogen-bond acceptors (Lipinski definition) is 2. The first kappa shape index (κ1) is 7.86. The first-order valence-corrected chi connectivity index (χ1v) is 4.13. The van der Waals surface area contributed by atoms with Crippen LogP contribution in [0.2, 0.25) is 0 Å². The molecule has 2 N–H and O–H groups in total. The van der Waals surface area contributed by atoms with E-state index in [9.17, 15) is 0 Å². The molecule has 0 atom stereocenters. The Morgan fingerprint density at radius 1 is 1.38 bits per heavy atom. The summed E-state index contributed by atoms with van der Waals surface area (Å²) in [5.41, 5.74) is 8.68. The van der Waals surface area contributed by atoms with Crippen molar-refractivity contribution in [3.8, 4) is 5.69 Å². The van der Waals surface area contributed by atoms with E-state index in [2.05, 4.69) is 5.10 Å². The summed E-state index contributed by atoms with van der Waals surface area (Å²) in [6, 6.07) is 7.78. The SMILES string of the molecule is Cc1ccc(N)c(-n2cccn2)c1. The molecule has 1 aromatic carbocycles. The Balaban J connectivity index is 2.57. The van der Waals surface area contributed by atoms with Gasteiger partial charge in [-0.05, 0) is 30.7 Å². The molecule has 66 valence electrons. The van der Waals surface area contributed by atoms with Crippen molar-refractivity contribution in [2.75, 3.05) is 5.73 Å². The van der Waals surface area contributed by atoms with Gasteiger partial charge in [0.15, 0.2) is 0 Å². The number of rotatable bonds is 1. The lowest BCUT2D eigenvalue weighted by molar-refractivity contribution is 0.881. The maximum atomic E-state index is 5.82. The summed E-state index contributed by atoms with van der Waals surface area (Å²) in [7, 11) is 0. The Morgan fingerprint density at radius 3 is 2.92 bits per heavy atom. The largest absolute Gasteiger partial charge is 0.397 e. The van der Waals surface area contributed by atoms with Gasteiger partial charge >= 0.3 is 0 Å². The number of nitrogen functional groups attached to an aromatic ring is 1.